The lowest BCUT2D eigenvalue weighted by Crippen LogP contribution is -2.10. The first-order chi connectivity index (χ1) is 8.15. The van der Waals surface area contributed by atoms with E-state index in [9.17, 15) is 5.11 Å². The topological polar surface area (TPSA) is 58.9 Å². The number of aliphatic hydroxyl groups is 2. The normalized spacial score (nSPS) is 12.5. The highest BCUT2D eigenvalue weighted by atomic mass is 79.9. The van der Waals surface area contributed by atoms with Crippen molar-refractivity contribution in [3.63, 3.8) is 0 Å². The highest BCUT2D eigenvalue weighted by molar-refractivity contribution is 9.10. The highest BCUT2D eigenvalue weighted by Gasteiger charge is 2.09. The van der Waals surface area contributed by atoms with Crippen molar-refractivity contribution < 1.29 is 19.7 Å². The van der Waals surface area contributed by atoms with Crippen LogP contribution in [0.4, 0.5) is 0 Å². The Bertz CT molecular complexity index is 341. The molecule has 1 rings (SSSR count). The fourth-order valence-electron chi connectivity index (χ4n) is 1.35. The molecule has 0 unspecified atom stereocenters. The third-order valence-electron chi connectivity index (χ3n) is 2.14. The van der Waals surface area contributed by atoms with Gasteiger partial charge in [0.15, 0.2) is 0 Å². The summed E-state index contributed by atoms with van der Waals surface area (Å²) in [5.74, 6) is 0.649. The van der Waals surface area contributed by atoms with Crippen LogP contribution in [0, 0.1) is 0 Å². The van der Waals surface area contributed by atoms with Crippen LogP contribution in [0.15, 0.2) is 22.7 Å². The number of rotatable bonds is 7. The molecule has 0 heterocycles. The Morgan fingerprint density at radius 2 is 2.06 bits per heavy atom. The van der Waals surface area contributed by atoms with Gasteiger partial charge in [0, 0.05) is 10.0 Å². The van der Waals surface area contributed by atoms with Crippen LogP contribution in [0.25, 0.3) is 0 Å². The van der Waals surface area contributed by atoms with Crippen molar-refractivity contribution in [2.75, 3.05) is 26.4 Å². The van der Waals surface area contributed by atoms with Gasteiger partial charge < -0.3 is 19.7 Å². The van der Waals surface area contributed by atoms with E-state index in [0.717, 1.165) is 10.0 Å². The van der Waals surface area contributed by atoms with Gasteiger partial charge >= 0.3 is 0 Å². The number of halogens is 1. The number of ether oxygens (including phenoxy) is 2. The monoisotopic (exact) mass is 304 g/mol. The lowest BCUT2D eigenvalue weighted by atomic mass is 10.1. The average molecular weight is 305 g/mol. The summed E-state index contributed by atoms with van der Waals surface area (Å²) in [6.07, 6.45) is -0.583. The van der Waals surface area contributed by atoms with Crippen molar-refractivity contribution in [2.24, 2.45) is 0 Å². The number of aliphatic hydroxyl groups excluding tert-OH is 2. The first-order valence-corrected chi connectivity index (χ1v) is 6.23. The zero-order valence-corrected chi connectivity index (χ0v) is 11.3. The molecule has 0 aliphatic carbocycles. The van der Waals surface area contributed by atoms with Gasteiger partial charge in [0.25, 0.3) is 0 Å². The van der Waals surface area contributed by atoms with Crippen LogP contribution in [0.1, 0.15) is 18.6 Å². The van der Waals surface area contributed by atoms with E-state index in [4.69, 9.17) is 14.6 Å². The molecule has 0 aliphatic rings. The first kappa shape index (κ1) is 14.4. The van der Waals surface area contributed by atoms with Gasteiger partial charge in [-0.3, -0.25) is 0 Å². The molecule has 0 saturated heterocycles. The number of benzene rings is 1. The molecule has 0 saturated carbocycles. The molecule has 1 aromatic carbocycles. The summed E-state index contributed by atoms with van der Waals surface area (Å²) in [5, 5.41) is 18.1. The number of hydrogen-bond acceptors (Lipinski definition) is 4. The van der Waals surface area contributed by atoms with Crippen LogP contribution in [-0.2, 0) is 4.74 Å². The molecular weight excluding hydrogens is 288 g/mol. The van der Waals surface area contributed by atoms with Crippen molar-refractivity contribution in [2.45, 2.75) is 13.0 Å². The smallest absolute Gasteiger partial charge is 0.125 e. The Labute approximate surface area is 109 Å². The standard InChI is InChI=1S/C12H17BrO4/c1-9(15)11-8-10(13)2-3-12(11)17-7-6-16-5-4-14/h2-3,8-9,14-15H,4-7H2,1H3/t9-/m0/s1. The van der Waals surface area contributed by atoms with E-state index in [1.54, 1.807) is 13.0 Å². The molecule has 2 N–H and O–H groups in total. The molecule has 5 heteroatoms. The van der Waals surface area contributed by atoms with Crippen LogP contribution in [0.2, 0.25) is 0 Å². The molecule has 0 radical (unpaired) electrons. The van der Waals surface area contributed by atoms with E-state index in [-0.39, 0.29) is 6.61 Å². The average Bonchev–Trinajstić information content (AvgIpc) is 2.30. The first-order valence-electron chi connectivity index (χ1n) is 5.44. The van der Waals surface area contributed by atoms with Gasteiger partial charge in [0.2, 0.25) is 0 Å². The SMILES string of the molecule is C[C@H](O)c1cc(Br)ccc1OCCOCCO. The minimum absolute atomic E-state index is 0.0111. The lowest BCUT2D eigenvalue weighted by Gasteiger charge is -2.13. The van der Waals surface area contributed by atoms with Crippen molar-refractivity contribution in [3.05, 3.63) is 28.2 Å². The van der Waals surface area contributed by atoms with E-state index in [2.05, 4.69) is 15.9 Å². The molecular formula is C12H17BrO4. The Kier molecular flexibility index (Phi) is 6.50. The Morgan fingerprint density at radius 3 is 2.71 bits per heavy atom. The van der Waals surface area contributed by atoms with Crippen LogP contribution in [-0.4, -0.2) is 36.6 Å². The van der Waals surface area contributed by atoms with E-state index < -0.39 is 6.10 Å². The molecule has 0 fully saturated rings. The molecule has 1 aromatic rings. The van der Waals surface area contributed by atoms with Crippen LogP contribution >= 0.6 is 15.9 Å². The highest BCUT2D eigenvalue weighted by Crippen LogP contribution is 2.28. The van der Waals surface area contributed by atoms with Gasteiger partial charge in [-0.1, -0.05) is 15.9 Å². The minimum Gasteiger partial charge on any atom is -0.491 e. The van der Waals surface area contributed by atoms with Crippen LogP contribution < -0.4 is 4.74 Å². The summed E-state index contributed by atoms with van der Waals surface area (Å²) in [6, 6.07) is 5.49. The zero-order valence-electron chi connectivity index (χ0n) is 9.73. The summed E-state index contributed by atoms with van der Waals surface area (Å²) < 4.78 is 11.5. The molecule has 0 spiro atoms. The summed E-state index contributed by atoms with van der Waals surface area (Å²) in [5.41, 5.74) is 0.738. The van der Waals surface area contributed by atoms with Crippen molar-refractivity contribution in [3.8, 4) is 5.75 Å². The summed E-state index contributed by atoms with van der Waals surface area (Å²) in [6.45, 7) is 2.82. The van der Waals surface area contributed by atoms with Gasteiger partial charge in [-0.25, -0.2) is 0 Å². The Morgan fingerprint density at radius 1 is 1.29 bits per heavy atom. The van der Waals surface area contributed by atoms with Crippen molar-refractivity contribution in [1.29, 1.82) is 0 Å². The molecule has 96 valence electrons. The summed E-state index contributed by atoms with van der Waals surface area (Å²) in [7, 11) is 0. The quantitative estimate of drug-likeness (QED) is 0.755. The second kappa shape index (κ2) is 7.66. The fourth-order valence-corrected chi connectivity index (χ4v) is 1.73. The van der Waals surface area contributed by atoms with Gasteiger partial charge in [-0.05, 0) is 25.1 Å². The summed E-state index contributed by atoms with van der Waals surface area (Å²) >= 11 is 3.35. The van der Waals surface area contributed by atoms with Gasteiger partial charge in [0.05, 0.1) is 25.9 Å². The predicted molar refractivity (Wildman–Crippen MR) is 68.2 cm³/mol. The molecule has 1 atom stereocenters. The van der Waals surface area contributed by atoms with E-state index in [1.165, 1.54) is 0 Å². The Balaban J connectivity index is 2.52. The fraction of sp³-hybridized carbons (Fsp3) is 0.500. The molecule has 0 aliphatic heterocycles. The lowest BCUT2D eigenvalue weighted by molar-refractivity contribution is 0.0695. The van der Waals surface area contributed by atoms with E-state index in [0.29, 0.717) is 25.6 Å². The number of hydrogen-bond donors (Lipinski definition) is 2. The van der Waals surface area contributed by atoms with Gasteiger partial charge in [0.1, 0.15) is 12.4 Å². The Hall–Kier alpha value is -0.620. The molecule has 0 aromatic heterocycles. The minimum atomic E-state index is -0.583. The molecule has 0 amide bonds. The maximum absolute atomic E-state index is 9.60. The van der Waals surface area contributed by atoms with Crippen molar-refractivity contribution >= 4 is 15.9 Å². The van der Waals surface area contributed by atoms with E-state index in [1.807, 2.05) is 12.1 Å². The van der Waals surface area contributed by atoms with Crippen molar-refractivity contribution in [1.82, 2.24) is 0 Å². The largest absolute Gasteiger partial charge is 0.491 e. The summed E-state index contributed by atoms with van der Waals surface area (Å²) in [4.78, 5) is 0. The van der Waals surface area contributed by atoms with Gasteiger partial charge in [-0.15, -0.1) is 0 Å². The predicted octanol–water partition coefficient (Wildman–Crippen LogP) is 1.89. The maximum atomic E-state index is 9.60. The molecule has 0 bridgehead atoms. The van der Waals surface area contributed by atoms with Gasteiger partial charge in [-0.2, -0.15) is 0 Å². The maximum Gasteiger partial charge on any atom is 0.125 e. The third-order valence-corrected chi connectivity index (χ3v) is 2.64. The third kappa shape index (κ3) is 5.04. The van der Waals surface area contributed by atoms with E-state index >= 15 is 0 Å². The molecule has 4 nitrogen and oxygen atoms in total. The van der Waals surface area contributed by atoms with Crippen LogP contribution in [0.5, 0.6) is 5.75 Å². The second-order valence-electron chi connectivity index (χ2n) is 3.54. The van der Waals surface area contributed by atoms with Crippen LogP contribution in [0.3, 0.4) is 0 Å². The molecule has 17 heavy (non-hydrogen) atoms. The second-order valence-corrected chi connectivity index (χ2v) is 4.46. The zero-order chi connectivity index (χ0) is 12.7.